The lowest BCUT2D eigenvalue weighted by Gasteiger charge is -2.08. The predicted molar refractivity (Wildman–Crippen MR) is 77.0 cm³/mol. The molecule has 1 aromatic rings. The molecule has 0 saturated carbocycles. The summed E-state index contributed by atoms with van der Waals surface area (Å²) >= 11 is 6.01. The van der Waals surface area contributed by atoms with Gasteiger partial charge < -0.3 is 4.57 Å². The Hall–Kier alpha value is -0.590. The third kappa shape index (κ3) is 4.78. The Morgan fingerprint density at radius 3 is 2.68 bits per heavy atom. The summed E-state index contributed by atoms with van der Waals surface area (Å²) in [6.45, 7) is 6.85. The third-order valence-electron chi connectivity index (χ3n) is 2.79. The van der Waals surface area contributed by atoms with E-state index in [9.17, 15) is 8.42 Å². The highest BCUT2D eigenvalue weighted by Crippen LogP contribution is 2.11. The van der Waals surface area contributed by atoms with Gasteiger partial charge in [-0.25, -0.2) is 18.1 Å². The highest BCUT2D eigenvalue weighted by atomic mass is 35.5. The van der Waals surface area contributed by atoms with Crippen molar-refractivity contribution in [2.75, 3.05) is 6.54 Å². The average molecular weight is 308 g/mol. The zero-order chi connectivity index (χ0) is 14.5. The van der Waals surface area contributed by atoms with Crippen LogP contribution in [0.4, 0.5) is 0 Å². The van der Waals surface area contributed by atoms with Crippen LogP contribution < -0.4 is 4.72 Å². The van der Waals surface area contributed by atoms with Crippen LogP contribution >= 0.6 is 11.6 Å². The van der Waals surface area contributed by atoms with Crippen molar-refractivity contribution in [3.05, 3.63) is 12.0 Å². The van der Waals surface area contributed by atoms with Crippen molar-refractivity contribution in [3.8, 4) is 0 Å². The zero-order valence-electron chi connectivity index (χ0n) is 11.7. The van der Waals surface area contributed by atoms with Gasteiger partial charge in [-0.3, -0.25) is 0 Å². The Balaban J connectivity index is 2.74. The molecular weight excluding hydrogens is 286 g/mol. The Morgan fingerprint density at radius 2 is 2.11 bits per heavy atom. The molecule has 7 heteroatoms. The maximum atomic E-state index is 12.1. The minimum atomic E-state index is -3.56. The molecule has 110 valence electrons. The van der Waals surface area contributed by atoms with Gasteiger partial charge in [-0.1, -0.05) is 20.3 Å². The summed E-state index contributed by atoms with van der Waals surface area (Å²) in [5.41, 5.74) is 0. The first-order valence-corrected chi connectivity index (χ1v) is 8.50. The topological polar surface area (TPSA) is 64.0 Å². The molecule has 0 aliphatic rings. The molecule has 0 aliphatic heterocycles. The quantitative estimate of drug-likeness (QED) is 0.749. The van der Waals surface area contributed by atoms with Gasteiger partial charge in [-0.15, -0.1) is 11.6 Å². The average Bonchev–Trinajstić information content (AvgIpc) is 2.71. The third-order valence-corrected chi connectivity index (χ3v) is 4.46. The van der Waals surface area contributed by atoms with Crippen LogP contribution in [0.25, 0.3) is 0 Å². The number of alkyl halides is 1. The lowest BCUT2D eigenvalue weighted by atomic mass is 10.2. The van der Waals surface area contributed by atoms with Crippen molar-refractivity contribution in [1.29, 1.82) is 0 Å². The molecule has 0 fully saturated rings. The molecule has 0 spiro atoms. The van der Waals surface area contributed by atoms with Crippen molar-refractivity contribution in [3.63, 3.8) is 0 Å². The maximum Gasteiger partial charge on any atom is 0.259 e. The number of imidazole rings is 1. The summed E-state index contributed by atoms with van der Waals surface area (Å²) in [4.78, 5) is 4.09. The first-order valence-electron chi connectivity index (χ1n) is 6.58. The molecule has 1 atom stereocenters. The van der Waals surface area contributed by atoms with Crippen molar-refractivity contribution in [2.45, 2.75) is 57.0 Å². The number of nitrogens with one attached hydrogen (secondary N) is 1. The van der Waals surface area contributed by atoms with Gasteiger partial charge in [0.15, 0.2) is 5.03 Å². The minimum absolute atomic E-state index is 0.0683. The smallest absolute Gasteiger partial charge is 0.259 e. The fraction of sp³-hybridized carbons (Fsp3) is 0.750. The molecule has 0 bridgehead atoms. The van der Waals surface area contributed by atoms with Gasteiger partial charge in [0, 0.05) is 24.7 Å². The fourth-order valence-electron chi connectivity index (χ4n) is 1.77. The number of aromatic nitrogens is 2. The van der Waals surface area contributed by atoms with Gasteiger partial charge in [0.25, 0.3) is 10.0 Å². The van der Waals surface area contributed by atoms with Gasteiger partial charge in [0.05, 0.1) is 0 Å². The first kappa shape index (κ1) is 16.5. The number of halogens is 1. The standard InChI is InChI=1S/C12H22ClN3O2S/c1-4-6-11(13)8-14-19(17,18)12-9-16(7-5-2)10(3)15-12/h9,11,14H,4-8H2,1-3H3. The second-order valence-electron chi connectivity index (χ2n) is 4.56. The Kier molecular flexibility index (Phi) is 6.29. The number of sulfonamides is 1. The number of hydrogen-bond donors (Lipinski definition) is 1. The van der Waals surface area contributed by atoms with Crippen molar-refractivity contribution in [2.24, 2.45) is 0 Å². The van der Waals surface area contributed by atoms with Crippen LogP contribution in [0.3, 0.4) is 0 Å². The molecule has 1 N–H and O–H groups in total. The van der Waals surface area contributed by atoms with Crippen LogP contribution in [-0.4, -0.2) is 29.9 Å². The summed E-state index contributed by atoms with van der Waals surface area (Å²) < 4.78 is 28.5. The SMILES string of the molecule is CCCC(Cl)CNS(=O)(=O)c1cn(CCC)c(C)n1. The van der Waals surface area contributed by atoms with E-state index >= 15 is 0 Å². The van der Waals surface area contributed by atoms with Crippen LogP contribution in [0.1, 0.15) is 38.9 Å². The Morgan fingerprint density at radius 1 is 1.42 bits per heavy atom. The molecular formula is C12H22ClN3O2S. The molecule has 1 unspecified atom stereocenters. The monoisotopic (exact) mass is 307 g/mol. The van der Waals surface area contributed by atoms with Gasteiger partial charge in [-0.05, 0) is 19.8 Å². The highest BCUT2D eigenvalue weighted by Gasteiger charge is 2.19. The van der Waals surface area contributed by atoms with E-state index in [1.54, 1.807) is 13.1 Å². The van der Waals surface area contributed by atoms with Crippen LogP contribution in [0, 0.1) is 6.92 Å². The van der Waals surface area contributed by atoms with E-state index < -0.39 is 10.0 Å². The Labute approximate surface area is 120 Å². The van der Waals surface area contributed by atoms with E-state index in [2.05, 4.69) is 9.71 Å². The van der Waals surface area contributed by atoms with Gasteiger partial charge in [-0.2, -0.15) is 0 Å². The largest absolute Gasteiger partial charge is 0.334 e. The van der Waals surface area contributed by atoms with E-state index in [4.69, 9.17) is 11.6 Å². The molecule has 19 heavy (non-hydrogen) atoms. The van der Waals surface area contributed by atoms with Crippen molar-refractivity contribution in [1.82, 2.24) is 14.3 Å². The van der Waals surface area contributed by atoms with E-state index in [0.717, 1.165) is 25.8 Å². The molecule has 0 amide bonds. The molecule has 5 nitrogen and oxygen atoms in total. The van der Waals surface area contributed by atoms with E-state index in [-0.39, 0.29) is 16.9 Å². The van der Waals surface area contributed by atoms with Crippen LogP contribution in [0.15, 0.2) is 11.2 Å². The summed E-state index contributed by atoms with van der Waals surface area (Å²) in [7, 11) is -3.56. The number of hydrogen-bond acceptors (Lipinski definition) is 3. The molecule has 1 heterocycles. The van der Waals surface area contributed by atoms with Crippen LogP contribution in [-0.2, 0) is 16.6 Å². The Bertz CT molecular complexity index is 499. The molecule has 1 rings (SSSR count). The summed E-state index contributed by atoms with van der Waals surface area (Å²) in [6.07, 6.45) is 4.22. The maximum absolute atomic E-state index is 12.1. The lowest BCUT2D eigenvalue weighted by molar-refractivity contribution is 0.573. The predicted octanol–water partition coefficient (Wildman–Crippen LogP) is 2.29. The molecule has 0 radical (unpaired) electrons. The summed E-state index contributed by atoms with van der Waals surface area (Å²) in [6, 6.07) is 0. The zero-order valence-corrected chi connectivity index (χ0v) is 13.3. The molecule has 0 aliphatic carbocycles. The van der Waals surface area contributed by atoms with E-state index in [1.807, 2.05) is 18.4 Å². The molecule has 1 aromatic heterocycles. The van der Waals surface area contributed by atoms with Gasteiger partial charge in [0.1, 0.15) is 5.82 Å². The van der Waals surface area contributed by atoms with E-state index in [1.165, 1.54) is 0 Å². The number of aryl methyl sites for hydroxylation is 2. The number of nitrogens with zero attached hydrogens (tertiary/aromatic N) is 2. The summed E-state index contributed by atoms with van der Waals surface area (Å²) in [5, 5.41) is -0.114. The fourth-order valence-corrected chi connectivity index (χ4v) is 3.24. The first-order chi connectivity index (χ1) is 8.90. The second-order valence-corrected chi connectivity index (χ2v) is 6.89. The van der Waals surface area contributed by atoms with E-state index in [0.29, 0.717) is 5.82 Å². The lowest BCUT2D eigenvalue weighted by Crippen LogP contribution is -2.30. The van der Waals surface area contributed by atoms with Crippen molar-refractivity contribution >= 4 is 21.6 Å². The molecule has 0 aromatic carbocycles. The normalized spacial score (nSPS) is 13.7. The number of rotatable bonds is 8. The van der Waals surface area contributed by atoms with Crippen LogP contribution in [0.5, 0.6) is 0 Å². The van der Waals surface area contributed by atoms with Gasteiger partial charge in [0.2, 0.25) is 0 Å². The van der Waals surface area contributed by atoms with Crippen molar-refractivity contribution < 1.29 is 8.42 Å². The summed E-state index contributed by atoms with van der Waals surface area (Å²) in [5.74, 6) is 0.707. The highest BCUT2D eigenvalue weighted by molar-refractivity contribution is 7.89. The molecule has 0 saturated heterocycles. The van der Waals surface area contributed by atoms with Gasteiger partial charge >= 0.3 is 0 Å². The minimum Gasteiger partial charge on any atom is -0.334 e. The second kappa shape index (κ2) is 7.26. The van der Waals surface area contributed by atoms with Crippen LogP contribution in [0.2, 0.25) is 0 Å².